The van der Waals surface area contributed by atoms with Crippen molar-refractivity contribution in [1.29, 1.82) is 0 Å². The number of amides is 1. The Morgan fingerprint density at radius 2 is 2.09 bits per heavy atom. The van der Waals surface area contributed by atoms with Crippen LogP contribution in [0.4, 0.5) is 5.69 Å². The van der Waals surface area contributed by atoms with Gasteiger partial charge in [-0.3, -0.25) is 4.79 Å². The molecule has 10 heteroatoms. The summed E-state index contributed by atoms with van der Waals surface area (Å²) < 4.78 is 1.86. The normalized spacial score (nSPS) is 21.9. The molecule has 5 rings (SSSR count). The van der Waals surface area contributed by atoms with E-state index in [4.69, 9.17) is 23.2 Å². The molecule has 2 unspecified atom stereocenters. The Morgan fingerprint density at radius 1 is 1.24 bits per heavy atom. The van der Waals surface area contributed by atoms with E-state index in [1.807, 2.05) is 40.8 Å². The van der Waals surface area contributed by atoms with Crippen molar-refractivity contribution in [1.82, 2.24) is 25.2 Å². The molecule has 2 aliphatic rings. The van der Waals surface area contributed by atoms with Crippen LogP contribution in [0.15, 0.2) is 36.4 Å². The summed E-state index contributed by atoms with van der Waals surface area (Å²) in [7, 11) is 0. The van der Waals surface area contributed by atoms with E-state index in [0.29, 0.717) is 29.7 Å². The van der Waals surface area contributed by atoms with Crippen LogP contribution in [0.5, 0.6) is 0 Å². The summed E-state index contributed by atoms with van der Waals surface area (Å²) in [6, 6.07) is 11.0. The predicted molar refractivity (Wildman–Crippen MR) is 134 cm³/mol. The molecule has 2 aliphatic heterocycles. The maximum Gasteiger partial charge on any atom is 0.240 e. The number of fused-ring (bicyclic) bond motifs is 1. The molecule has 0 bridgehead atoms. The highest BCUT2D eigenvalue weighted by molar-refractivity contribution is 6.35. The largest absolute Gasteiger partial charge is 0.394 e. The Bertz CT molecular complexity index is 1200. The van der Waals surface area contributed by atoms with Crippen molar-refractivity contribution in [3.8, 4) is 0 Å². The molecular weight excluding hydrogens is 475 g/mol. The van der Waals surface area contributed by atoms with Gasteiger partial charge in [-0.25, -0.2) is 4.68 Å². The van der Waals surface area contributed by atoms with Crippen LogP contribution >= 0.6 is 23.2 Å². The summed E-state index contributed by atoms with van der Waals surface area (Å²) in [5.74, 6) is 0.0996. The van der Waals surface area contributed by atoms with Gasteiger partial charge in [-0.05, 0) is 62.2 Å². The summed E-state index contributed by atoms with van der Waals surface area (Å²) in [6.07, 6.45) is 1.88. The van der Waals surface area contributed by atoms with Crippen molar-refractivity contribution in [3.05, 3.63) is 52.0 Å². The second kappa shape index (κ2) is 9.70. The molecule has 0 radical (unpaired) electrons. The average molecular weight is 503 g/mol. The smallest absolute Gasteiger partial charge is 0.240 e. The fourth-order valence-electron chi connectivity index (χ4n) is 5.01. The highest BCUT2D eigenvalue weighted by Gasteiger charge is 2.35. The molecule has 3 heterocycles. The summed E-state index contributed by atoms with van der Waals surface area (Å²) in [5, 5.41) is 23.2. The minimum absolute atomic E-state index is 0.0667. The number of rotatable bonds is 5. The average Bonchev–Trinajstić information content (AvgIpc) is 3.53. The van der Waals surface area contributed by atoms with E-state index >= 15 is 0 Å². The number of aliphatic hydroxyl groups is 1. The standard InChI is InChI=1S/C24H28Cl2N6O2/c1-15(19-6-4-16(25)11-20(19)26)32-23-12-17(5-7-21(23)28-29-32)30-9-10-31(18(13-30)14-33)24(34)22-3-2-8-27-22/h4-7,11-12,15,18,22,27,33H,2-3,8-10,13-14H2,1H3/t15?,18-,22?/m0/s1. The molecule has 2 N–H and O–H groups in total. The second-order valence-electron chi connectivity index (χ2n) is 9.01. The molecule has 2 fully saturated rings. The number of anilines is 1. The Kier molecular flexibility index (Phi) is 6.66. The fourth-order valence-corrected chi connectivity index (χ4v) is 5.58. The van der Waals surface area contributed by atoms with E-state index in [9.17, 15) is 9.90 Å². The van der Waals surface area contributed by atoms with E-state index in [1.54, 1.807) is 6.07 Å². The van der Waals surface area contributed by atoms with Gasteiger partial charge in [-0.2, -0.15) is 0 Å². The highest BCUT2D eigenvalue weighted by Crippen LogP contribution is 2.31. The number of benzene rings is 2. The second-order valence-corrected chi connectivity index (χ2v) is 9.86. The minimum Gasteiger partial charge on any atom is -0.394 e. The zero-order chi connectivity index (χ0) is 23.8. The minimum atomic E-state index is -0.241. The van der Waals surface area contributed by atoms with Gasteiger partial charge in [0.05, 0.1) is 30.2 Å². The lowest BCUT2D eigenvalue weighted by molar-refractivity contribution is -0.136. The summed E-state index contributed by atoms with van der Waals surface area (Å²) in [5.41, 5.74) is 3.61. The maximum absolute atomic E-state index is 13.0. The summed E-state index contributed by atoms with van der Waals surface area (Å²) in [6.45, 7) is 4.68. The van der Waals surface area contributed by atoms with Crippen molar-refractivity contribution >= 4 is 45.8 Å². The lowest BCUT2D eigenvalue weighted by atomic mass is 10.1. The fraction of sp³-hybridized carbons (Fsp3) is 0.458. The van der Waals surface area contributed by atoms with Crippen LogP contribution in [0, 0.1) is 0 Å². The van der Waals surface area contributed by atoms with Gasteiger partial charge >= 0.3 is 0 Å². The Hall–Kier alpha value is -2.39. The van der Waals surface area contributed by atoms with Gasteiger partial charge < -0.3 is 20.2 Å². The number of hydrogen-bond acceptors (Lipinski definition) is 6. The van der Waals surface area contributed by atoms with E-state index in [-0.39, 0.29) is 30.6 Å². The number of aliphatic hydroxyl groups excluding tert-OH is 1. The van der Waals surface area contributed by atoms with E-state index in [0.717, 1.165) is 41.7 Å². The third kappa shape index (κ3) is 4.35. The maximum atomic E-state index is 13.0. The molecule has 3 aromatic rings. The van der Waals surface area contributed by atoms with E-state index in [1.165, 1.54) is 0 Å². The number of nitrogens with one attached hydrogen (secondary N) is 1. The molecule has 1 aromatic heterocycles. The Balaban J connectivity index is 1.39. The molecule has 0 aliphatic carbocycles. The molecule has 34 heavy (non-hydrogen) atoms. The van der Waals surface area contributed by atoms with Crippen LogP contribution in [0.25, 0.3) is 11.0 Å². The van der Waals surface area contributed by atoms with Crippen molar-refractivity contribution in [2.24, 2.45) is 0 Å². The highest BCUT2D eigenvalue weighted by atomic mass is 35.5. The van der Waals surface area contributed by atoms with Crippen LogP contribution in [0.3, 0.4) is 0 Å². The Morgan fingerprint density at radius 3 is 2.82 bits per heavy atom. The first-order valence-electron chi connectivity index (χ1n) is 11.7. The van der Waals surface area contributed by atoms with Crippen molar-refractivity contribution in [2.75, 3.05) is 37.7 Å². The summed E-state index contributed by atoms with van der Waals surface area (Å²) in [4.78, 5) is 17.0. The van der Waals surface area contributed by atoms with Crippen LogP contribution in [0.1, 0.15) is 31.4 Å². The van der Waals surface area contributed by atoms with Gasteiger partial charge in [0.25, 0.3) is 0 Å². The third-order valence-corrected chi connectivity index (χ3v) is 7.50. The summed E-state index contributed by atoms with van der Waals surface area (Å²) >= 11 is 12.5. The number of piperazine rings is 1. The number of carbonyl (C=O) groups is 1. The van der Waals surface area contributed by atoms with Crippen LogP contribution in [-0.4, -0.2) is 75.8 Å². The molecule has 2 saturated heterocycles. The van der Waals surface area contributed by atoms with Gasteiger partial charge in [0, 0.05) is 35.4 Å². The first kappa shape index (κ1) is 23.4. The topological polar surface area (TPSA) is 86.5 Å². The van der Waals surface area contributed by atoms with Crippen LogP contribution in [-0.2, 0) is 4.79 Å². The SMILES string of the molecule is CC(c1ccc(Cl)cc1Cl)n1nnc2ccc(N3CCN(C(=O)C4CCCN4)[C@H](CO)C3)cc21. The number of halogens is 2. The zero-order valence-corrected chi connectivity index (χ0v) is 20.5. The number of carbonyl (C=O) groups excluding carboxylic acids is 1. The number of aromatic nitrogens is 3. The Labute approximate surface area is 208 Å². The van der Waals surface area contributed by atoms with Gasteiger partial charge in [-0.1, -0.05) is 34.5 Å². The van der Waals surface area contributed by atoms with Gasteiger partial charge in [0.2, 0.25) is 5.91 Å². The molecule has 3 atom stereocenters. The van der Waals surface area contributed by atoms with E-state index < -0.39 is 0 Å². The van der Waals surface area contributed by atoms with Crippen molar-refractivity contribution < 1.29 is 9.90 Å². The van der Waals surface area contributed by atoms with Gasteiger partial charge in [-0.15, -0.1) is 5.10 Å². The molecule has 0 spiro atoms. The quantitative estimate of drug-likeness (QED) is 0.557. The molecule has 0 saturated carbocycles. The van der Waals surface area contributed by atoms with Gasteiger partial charge in [0.15, 0.2) is 0 Å². The molecular formula is C24H28Cl2N6O2. The number of nitrogens with zero attached hydrogens (tertiary/aromatic N) is 5. The monoisotopic (exact) mass is 502 g/mol. The van der Waals surface area contributed by atoms with E-state index in [2.05, 4.69) is 26.6 Å². The first-order chi connectivity index (χ1) is 16.5. The zero-order valence-electron chi connectivity index (χ0n) is 19.0. The first-order valence-corrected chi connectivity index (χ1v) is 12.4. The third-order valence-electron chi connectivity index (χ3n) is 6.93. The molecule has 2 aromatic carbocycles. The van der Waals surface area contributed by atoms with Crippen LogP contribution < -0.4 is 10.2 Å². The lowest BCUT2D eigenvalue weighted by Crippen LogP contribution is -2.59. The molecule has 1 amide bonds. The number of hydrogen-bond donors (Lipinski definition) is 2. The van der Waals surface area contributed by atoms with Gasteiger partial charge in [0.1, 0.15) is 5.52 Å². The predicted octanol–water partition coefficient (Wildman–Crippen LogP) is 3.11. The molecule has 8 nitrogen and oxygen atoms in total. The molecule has 180 valence electrons. The van der Waals surface area contributed by atoms with Crippen molar-refractivity contribution in [3.63, 3.8) is 0 Å². The van der Waals surface area contributed by atoms with Crippen LogP contribution in [0.2, 0.25) is 10.0 Å². The van der Waals surface area contributed by atoms with Crippen molar-refractivity contribution in [2.45, 2.75) is 37.9 Å². The lowest BCUT2D eigenvalue weighted by Gasteiger charge is -2.42.